The van der Waals surface area contributed by atoms with E-state index in [9.17, 15) is 33.2 Å². The van der Waals surface area contributed by atoms with E-state index in [2.05, 4.69) is 107 Å². The molecule has 9 N–H and O–H groups in total. The van der Waals surface area contributed by atoms with Crippen molar-refractivity contribution in [3.05, 3.63) is 126 Å². The molecule has 12 rings (SSSR count). The predicted molar refractivity (Wildman–Crippen MR) is 405 cm³/mol. The number of rotatable bonds is 12. The molecule has 3 saturated heterocycles. The van der Waals surface area contributed by atoms with Gasteiger partial charge in [0.1, 0.15) is 11.6 Å². The number of aromatic nitrogens is 9. The first-order chi connectivity index (χ1) is 49.3. The van der Waals surface area contributed by atoms with Gasteiger partial charge in [-0.1, -0.05) is 11.6 Å². The number of benzene rings is 3. The van der Waals surface area contributed by atoms with Gasteiger partial charge in [-0.05, 0) is 159 Å². The molecule has 0 atom stereocenters. The second kappa shape index (κ2) is 32.6. The Hall–Kier alpha value is -11.6. The van der Waals surface area contributed by atoms with Crippen LogP contribution in [0.25, 0.3) is 33.1 Å². The van der Waals surface area contributed by atoms with E-state index in [0.29, 0.717) is 77.4 Å². The number of anilines is 12. The summed E-state index contributed by atoms with van der Waals surface area (Å²) < 4.78 is 14.4. The van der Waals surface area contributed by atoms with E-state index in [0.717, 1.165) is 97.3 Å². The molecule has 0 saturated carbocycles. The van der Waals surface area contributed by atoms with Crippen LogP contribution in [0.3, 0.4) is 0 Å². The van der Waals surface area contributed by atoms with Crippen LogP contribution in [0.5, 0.6) is 0 Å². The van der Waals surface area contributed by atoms with Crippen molar-refractivity contribution in [2.75, 3.05) is 125 Å². The molecule has 32 heteroatoms. The topological polar surface area (TPSA) is 346 Å². The molecule has 0 unspecified atom stereocenters. The van der Waals surface area contributed by atoms with Gasteiger partial charge in [-0.25, -0.2) is 48.7 Å². The lowest BCUT2D eigenvalue weighted by Crippen LogP contribution is -2.48. The summed E-state index contributed by atoms with van der Waals surface area (Å²) in [5.74, 6) is 1.31. The SMILES string of the molecule is CC(=O)N1CCN(c2ccc(Nc3ncc4cc(F)c(NC(=O)NC(C)(C)C)nc4n3)cc2)CC1.CC(=O)N1CCN(c2ccc(Nc3ncc4ccc(NC(=O)NC(C)(C)C)nc4n3)cc2)CC1.CC(=O)N1CCN(c2ccc(Nc3ncc4ccc(NC(=O)NC(C)(C)C)nc4n3)cc2Cl)CC1. The average Bonchev–Trinajstić information content (AvgIpc) is 0.815. The van der Waals surface area contributed by atoms with Crippen molar-refractivity contribution in [3.63, 3.8) is 0 Å². The van der Waals surface area contributed by atoms with Crippen molar-refractivity contribution < 1.29 is 33.2 Å². The number of halogens is 2. The highest BCUT2D eigenvalue weighted by Gasteiger charge is 2.25. The Balaban J connectivity index is 0.000000167. The van der Waals surface area contributed by atoms with Crippen LogP contribution in [0, 0.1) is 5.82 Å². The highest BCUT2D eigenvalue weighted by Crippen LogP contribution is 2.32. The minimum Gasteiger partial charge on any atom is -0.368 e. The second-order valence-corrected chi connectivity index (χ2v) is 28.5. The number of nitrogens with one attached hydrogen (secondary N) is 9. The number of pyridine rings is 3. The van der Waals surface area contributed by atoms with Gasteiger partial charge in [-0.3, -0.25) is 30.3 Å². The van der Waals surface area contributed by atoms with E-state index < -0.39 is 17.4 Å². The molecule has 9 aromatic rings. The van der Waals surface area contributed by atoms with Crippen molar-refractivity contribution in [1.82, 2.24) is 75.5 Å². The third-order valence-corrected chi connectivity index (χ3v) is 16.6. The van der Waals surface area contributed by atoms with Gasteiger partial charge in [0.15, 0.2) is 28.6 Å². The number of fused-ring (bicyclic) bond motifs is 3. The minimum atomic E-state index is -0.675. The Morgan fingerprint density at radius 1 is 0.394 bits per heavy atom. The lowest BCUT2D eigenvalue weighted by Gasteiger charge is -2.36. The van der Waals surface area contributed by atoms with Crippen LogP contribution in [-0.4, -0.2) is 191 Å². The van der Waals surface area contributed by atoms with Gasteiger partial charge in [0.2, 0.25) is 35.6 Å². The zero-order valence-electron chi connectivity index (χ0n) is 60.4. The quantitative estimate of drug-likeness (QED) is 0.0549. The van der Waals surface area contributed by atoms with Crippen LogP contribution in [0.15, 0.2) is 116 Å². The number of nitrogens with zero attached hydrogens (tertiary/aromatic N) is 15. The zero-order chi connectivity index (χ0) is 74.6. The fraction of sp³-hybridized carbons (Fsp3) is 0.375. The first kappa shape index (κ1) is 75.0. The molecule has 0 spiro atoms. The standard InChI is InChI=1S/C24H29ClN8O2.C24H29FN8O2.C24H30N8O2/c1-15(34)32-9-11-33(12-10-32)19-7-6-17(13-18(19)25)27-22-26-14-16-5-8-20(28-21(16)30-22)29-23(35)31-24(2,3)4;1-15(34)32-9-11-33(12-10-32)18-7-5-17(6-8-18)27-22-26-14-16-13-19(25)21(28-20(16)29-22)30-23(35)31-24(2,3)4;1-16(33)31-11-13-32(14-12-31)19-8-6-18(7-9-19)26-22-25-15-17-5-10-20(27-21(17)29-22)28-23(34)30-24(2,3)4/h2*5-8,13-14H,9-12H2,1-4H3,(H3,26,27,28,29,30,31,35);5-10,15H,11-14H2,1-4H3,(H3,25,26,27,28,29,30,34). The van der Waals surface area contributed by atoms with Crippen LogP contribution < -0.4 is 62.6 Å². The fourth-order valence-electron chi connectivity index (χ4n) is 11.2. The smallest absolute Gasteiger partial charge is 0.320 e. The van der Waals surface area contributed by atoms with Crippen molar-refractivity contribution in [2.24, 2.45) is 0 Å². The highest BCUT2D eigenvalue weighted by molar-refractivity contribution is 6.33. The fourth-order valence-corrected chi connectivity index (χ4v) is 11.5. The number of amides is 9. The van der Waals surface area contributed by atoms with Crippen LogP contribution in [-0.2, 0) is 14.4 Å². The number of hydrogen-bond donors (Lipinski definition) is 9. The van der Waals surface area contributed by atoms with Gasteiger partial charge in [-0.2, -0.15) is 15.0 Å². The zero-order valence-corrected chi connectivity index (χ0v) is 61.1. The van der Waals surface area contributed by atoms with E-state index in [1.807, 2.05) is 150 Å². The molecular weight excluding hydrogens is 1350 g/mol. The molecule has 3 aliphatic rings. The third kappa shape index (κ3) is 21.5. The number of urea groups is 3. The summed E-state index contributed by atoms with van der Waals surface area (Å²) in [6.45, 7) is 30.6. The van der Waals surface area contributed by atoms with Crippen molar-refractivity contribution >= 4 is 150 Å². The summed E-state index contributed by atoms with van der Waals surface area (Å²) in [6, 6.07) is 28.6. The molecule has 0 bridgehead atoms. The van der Waals surface area contributed by atoms with E-state index in [1.165, 1.54) is 12.3 Å². The third-order valence-electron chi connectivity index (χ3n) is 16.3. The molecule has 30 nitrogen and oxygen atoms in total. The summed E-state index contributed by atoms with van der Waals surface area (Å²) >= 11 is 6.58. The van der Waals surface area contributed by atoms with E-state index in [1.54, 1.807) is 51.4 Å². The van der Waals surface area contributed by atoms with Crippen LogP contribution in [0.4, 0.5) is 88.2 Å². The van der Waals surface area contributed by atoms with Crippen molar-refractivity contribution in [3.8, 4) is 0 Å². The molecule has 3 aromatic carbocycles. The number of hydrogen-bond acceptors (Lipinski definition) is 21. The summed E-state index contributed by atoms with van der Waals surface area (Å²) in [7, 11) is 0. The Bertz CT molecular complexity index is 4590. The first-order valence-electron chi connectivity index (χ1n) is 34.0. The second-order valence-electron chi connectivity index (χ2n) is 28.1. The largest absolute Gasteiger partial charge is 0.368 e. The van der Waals surface area contributed by atoms with E-state index in [-0.39, 0.29) is 52.3 Å². The van der Waals surface area contributed by atoms with Gasteiger partial charge in [0.25, 0.3) is 0 Å². The van der Waals surface area contributed by atoms with Crippen LogP contribution >= 0.6 is 11.6 Å². The molecule has 3 aliphatic heterocycles. The molecule has 0 radical (unpaired) electrons. The van der Waals surface area contributed by atoms with Crippen molar-refractivity contribution in [2.45, 2.75) is 99.7 Å². The maximum atomic E-state index is 14.4. The van der Waals surface area contributed by atoms with Gasteiger partial charge in [-0.15, -0.1) is 0 Å². The normalized spacial score (nSPS) is 14.1. The van der Waals surface area contributed by atoms with Crippen molar-refractivity contribution in [1.29, 1.82) is 0 Å². The monoisotopic (exact) mass is 1440 g/mol. The molecule has 9 amide bonds. The number of carbonyl (C=O) groups excluding carboxylic acids is 6. The maximum Gasteiger partial charge on any atom is 0.320 e. The highest BCUT2D eigenvalue weighted by atomic mass is 35.5. The van der Waals surface area contributed by atoms with E-state index in [4.69, 9.17) is 11.6 Å². The Morgan fingerprint density at radius 2 is 0.740 bits per heavy atom. The maximum absolute atomic E-state index is 14.4. The molecule has 546 valence electrons. The summed E-state index contributed by atoms with van der Waals surface area (Å²) in [6.07, 6.45) is 4.84. The molecular formula is C72H88ClFN24O6. The van der Waals surface area contributed by atoms with Gasteiger partial charge in [0.05, 0.1) is 10.7 Å². The summed E-state index contributed by atoms with van der Waals surface area (Å²) in [4.78, 5) is 123. The minimum absolute atomic E-state index is 0.0937. The van der Waals surface area contributed by atoms with E-state index >= 15 is 0 Å². The molecule has 104 heavy (non-hydrogen) atoms. The Kier molecular flexibility index (Phi) is 23.5. The van der Waals surface area contributed by atoms with Crippen LogP contribution in [0.1, 0.15) is 83.1 Å². The molecule has 6 aromatic heterocycles. The first-order valence-corrected chi connectivity index (χ1v) is 34.4. The lowest BCUT2D eigenvalue weighted by atomic mass is 10.1. The Labute approximate surface area is 607 Å². The summed E-state index contributed by atoms with van der Waals surface area (Å²) in [5, 5.41) is 28.3. The lowest BCUT2D eigenvalue weighted by molar-refractivity contribution is -0.129. The van der Waals surface area contributed by atoms with Gasteiger partial charge < -0.3 is 61.3 Å². The summed E-state index contributed by atoms with van der Waals surface area (Å²) in [5.41, 5.74) is 5.45. The average molecular weight is 1440 g/mol. The predicted octanol–water partition coefficient (Wildman–Crippen LogP) is 10.9. The van der Waals surface area contributed by atoms with Crippen LogP contribution in [0.2, 0.25) is 5.02 Å². The molecule has 3 fully saturated rings. The Morgan fingerprint density at radius 3 is 1.12 bits per heavy atom. The van der Waals surface area contributed by atoms with Gasteiger partial charge >= 0.3 is 18.1 Å². The van der Waals surface area contributed by atoms with Gasteiger partial charge in [0, 0.05) is 179 Å². The number of piperazine rings is 3. The molecule has 9 heterocycles. The molecule has 0 aliphatic carbocycles. The number of carbonyl (C=O) groups is 6.